The first kappa shape index (κ1) is 16.6. The average molecular weight is 340 g/mol. The van der Waals surface area contributed by atoms with Gasteiger partial charge in [-0.1, -0.05) is 61.5 Å². The maximum Gasteiger partial charge on any atom is 0.0645 e. The number of aromatic nitrogens is 1. The largest absolute Gasteiger partial charge is 0.354 e. The lowest BCUT2D eigenvalue weighted by atomic mass is 10.0. The molecule has 0 atom stereocenters. The molecule has 3 aromatic carbocycles. The van der Waals surface area contributed by atoms with Gasteiger partial charge in [-0.15, -0.1) is 0 Å². The van der Waals surface area contributed by atoms with E-state index in [4.69, 9.17) is 4.99 Å². The number of aromatic amines is 1. The Labute approximate surface area is 154 Å². The summed E-state index contributed by atoms with van der Waals surface area (Å²) in [6.07, 6.45) is 1.07. The normalized spacial score (nSPS) is 12.2. The zero-order chi connectivity index (χ0) is 18.1. The molecule has 26 heavy (non-hydrogen) atoms. The molecule has 0 amide bonds. The summed E-state index contributed by atoms with van der Waals surface area (Å²) in [5.41, 5.74) is 8.70. The van der Waals surface area contributed by atoms with E-state index in [1.54, 1.807) is 0 Å². The van der Waals surface area contributed by atoms with Crippen LogP contribution in [-0.4, -0.2) is 10.7 Å². The summed E-state index contributed by atoms with van der Waals surface area (Å²) >= 11 is 0. The van der Waals surface area contributed by atoms with Gasteiger partial charge in [-0.25, -0.2) is 0 Å². The number of hydrogen-bond acceptors (Lipinski definition) is 1. The van der Waals surface area contributed by atoms with Crippen LogP contribution in [0.4, 0.5) is 0 Å². The zero-order valence-electron chi connectivity index (χ0n) is 15.6. The first-order valence-electron chi connectivity index (χ1n) is 9.27. The molecule has 1 N–H and O–H groups in total. The summed E-state index contributed by atoms with van der Waals surface area (Å²) in [5.74, 6) is 0. The highest BCUT2D eigenvalue weighted by Gasteiger charge is 2.09. The molecule has 0 aliphatic heterocycles. The molecule has 0 radical (unpaired) electrons. The Morgan fingerprint density at radius 3 is 2.46 bits per heavy atom. The number of nitrogens with one attached hydrogen (secondary N) is 1. The highest BCUT2D eigenvalue weighted by Crippen LogP contribution is 2.28. The van der Waals surface area contributed by atoms with Crippen LogP contribution in [0.5, 0.6) is 0 Å². The molecule has 0 saturated carbocycles. The standard InChI is InChI=1S/C24H24N2/c1-4-18-9-7-10-19(16(18)2)15-25-17(3)20-12-8-13-22-21-11-5-6-14-23(21)26-24(20)22/h5-14,26H,4,15H2,1-3H3. The van der Waals surface area contributed by atoms with E-state index < -0.39 is 0 Å². The first-order chi connectivity index (χ1) is 12.7. The fraction of sp³-hybridized carbons (Fsp3) is 0.208. The second kappa shape index (κ2) is 6.80. The summed E-state index contributed by atoms with van der Waals surface area (Å²) in [5, 5.41) is 2.53. The fourth-order valence-electron chi connectivity index (χ4n) is 3.75. The maximum atomic E-state index is 4.92. The van der Waals surface area contributed by atoms with Crippen LogP contribution < -0.4 is 0 Å². The smallest absolute Gasteiger partial charge is 0.0645 e. The Bertz CT molecular complexity index is 1120. The molecule has 0 bridgehead atoms. The van der Waals surface area contributed by atoms with Crippen molar-refractivity contribution in [2.45, 2.75) is 33.7 Å². The predicted molar refractivity (Wildman–Crippen MR) is 112 cm³/mol. The van der Waals surface area contributed by atoms with Gasteiger partial charge in [0.1, 0.15) is 0 Å². The van der Waals surface area contributed by atoms with Crippen LogP contribution in [0.15, 0.2) is 65.7 Å². The monoisotopic (exact) mass is 340 g/mol. The quantitative estimate of drug-likeness (QED) is 0.428. The molecule has 2 heteroatoms. The van der Waals surface area contributed by atoms with Gasteiger partial charge in [-0.3, -0.25) is 4.99 Å². The fourth-order valence-corrected chi connectivity index (χ4v) is 3.75. The van der Waals surface area contributed by atoms with Crippen molar-refractivity contribution >= 4 is 27.5 Å². The van der Waals surface area contributed by atoms with E-state index in [9.17, 15) is 0 Å². The molecule has 130 valence electrons. The number of hydrogen-bond donors (Lipinski definition) is 1. The van der Waals surface area contributed by atoms with Gasteiger partial charge in [0.05, 0.1) is 12.1 Å². The van der Waals surface area contributed by atoms with Crippen molar-refractivity contribution < 1.29 is 0 Å². The van der Waals surface area contributed by atoms with Gasteiger partial charge < -0.3 is 4.98 Å². The van der Waals surface area contributed by atoms with Gasteiger partial charge in [-0.2, -0.15) is 0 Å². The number of para-hydroxylation sites is 2. The molecule has 0 aliphatic carbocycles. The predicted octanol–water partition coefficient (Wildman–Crippen LogP) is 6.20. The molecule has 0 aliphatic rings. The van der Waals surface area contributed by atoms with Crippen molar-refractivity contribution in [3.8, 4) is 0 Å². The van der Waals surface area contributed by atoms with Crippen LogP contribution >= 0.6 is 0 Å². The minimum absolute atomic E-state index is 0.724. The van der Waals surface area contributed by atoms with Crippen molar-refractivity contribution in [2.75, 3.05) is 0 Å². The van der Waals surface area contributed by atoms with Gasteiger partial charge in [-0.05, 0) is 43.0 Å². The van der Waals surface area contributed by atoms with Gasteiger partial charge in [0.15, 0.2) is 0 Å². The van der Waals surface area contributed by atoms with Gasteiger partial charge >= 0.3 is 0 Å². The van der Waals surface area contributed by atoms with E-state index in [1.165, 1.54) is 44.1 Å². The van der Waals surface area contributed by atoms with Gasteiger partial charge in [0, 0.05) is 27.6 Å². The van der Waals surface area contributed by atoms with Crippen molar-refractivity contribution in [3.63, 3.8) is 0 Å². The average Bonchev–Trinajstić information content (AvgIpc) is 3.05. The van der Waals surface area contributed by atoms with Crippen molar-refractivity contribution in [3.05, 3.63) is 82.9 Å². The molecule has 4 rings (SSSR count). The summed E-state index contributed by atoms with van der Waals surface area (Å²) in [6, 6.07) is 21.5. The zero-order valence-corrected chi connectivity index (χ0v) is 15.6. The second-order valence-electron chi connectivity index (χ2n) is 6.86. The Kier molecular flexibility index (Phi) is 4.34. The van der Waals surface area contributed by atoms with Crippen molar-refractivity contribution in [1.29, 1.82) is 0 Å². The van der Waals surface area contributed by atoms with E-state index in [1.807, 2.05) is 0 Å². The molecular formula is C24H24N2. The van der Waals surface area contributed by atoms with Crippen LogP contribution in [0.25, 0.3) is 21.8 Å². The third-order valence-electron chi connectivity index (χ3n) is 5.36. The topological polar surface area (TPSA) is 28.1 Å². The highest BCUT2D eigenvalue weighted by molar-refractivity contribution is 6.16. The SMILES string of the molecule is CCc1cccc(CN=C(C)c2cccc3c2[nH]c2ccccc23)c1C. The minimum atomic E-state index is 0.724. The Morgan fingerprint density at radius 2 is 1.62 bits per heavy atom. The van der Waals surface area contributed by atoms with Crippen LogP contribution in [0.3, 0.4) is 0 Å². The van der Waals surface area contributed by atoms with Gasteiger partial charge in [0.2, 0.25) is 0 Å². The molecule has 0 unspecified atom stereocenters. The van der Waals surface area contributed by atoms with E-state index in [0.717, 1.165) is 18.7 Å². The second-order valence-corrected chi connectivity index (χ2v) is 6.86. The number of H-pyrrole nitrogens is 1. The molecule has 1 heterocycles. The van der Waals surface area contributed by atoms with Gasteiger partial charge in [0.25, 0.3) is 0 Å². The van der Waals surface area contributed by atoms with Crippen LogP contribution in [-0.2, 0) is 13.0 Å². The molecule has 0 saturated heterocycles. The molecule has 2 nitrogen and oxygen atoms in total. The summed E-state index contributed by atoms with van der Waals surface area (Å²) in [4.78, 5) is 8.49. The number of nitrogens with zero attached hydrogens (tertiary/aromatic N) is 1. The lowest BCUT2D eigenvalue weighted by molar-refractivity contribution is 1.01. The van der Waals surface area contributed by atoms with Crippen LogP contribution in [0, 0.1) is 6.92 Å². The lowest BCUT2D eigenvalue weighted by Crippen LogP contribution is -1.99. The Morgan fingerprint density at radius 1 is 0.885 bits per heavy atom. The number of benzene rings is 3. The number of fused-ring (bicyclic) bond motifs is 3. The molecular weight excluding hydrogens is 316 g/mol. The van der Waals surface area contributed by atoms with E-state index in [2.05, 4.69) is 86.4 Å². The molecule has 4 aromatic rings. The molecule has 0 fully saturated rings. The number of rotatable bonds is 4. The Hall–Kier alpha value is -2.87. The Balaban J connectivity index is 1.74. The summed E-state index contributed by atoms with van der Waals surface area (Å²) in [7, 11) is 0. The van der Waals surface area contributed by atoms with Crippen LogP contribution in [0.1, 0.15) is 36.1 Å². The highest BCUT2D eigenvalue weighted by atomic mass is 14.8. The third-order valence-corrected chi connectivity index (χ3v) is 5.36. The van der Waals surface area contributed by atoms with E-state index in [-0.39, 0.29) is 0 Å². The summed E-state index contributed by atoms with van der Waals surface area (Å²) in [6.45, 7) is 7.25. The first-order valence-corrected chi connectivity index (χ1v) is 9.27. The third kappa shape index (κ3) is 2.82. The molecule has 1 aromatic heterocycles. The minimum Gasteiger partial charge on any atom is -0.354 e. The molecule has 0 spiro atoms. The summed E-state index contributed by atoms with van der Waals surface area (Å²) < 4.78 is 0. The number of aryl methyl sites for hydroxylation is 1. The lowest BCUT2D eigenvalue weighted by Gasteiger charge is -2.09. The maximum absolute atomic E-state index is 4.92. The van der Waals surface area contributed by atoms with E-state index in [0.29, 0.717) is 0 Å². The van der Waals surface area contributed by atoms with Crippen LogP contribution in [0.2, 0.25) is 0 Å². The van der Waals surface area contributed by atoms with Crippen molar-refractivity contribution in [1.82, 2.24) is 4.98 Å². The van der Waals surface area contributed by atoms with E-state index >= 15 is 0 Å². The van der Waals surface area contributed by atoms with Crippen molar-refractivity contribution in [2.24, 2.45) is 4.99 Å². The number of aliphatic imine (C=N–C) groups is 1.